The van der Waals surface area contributed by atoms with Crippen LogP contribution in [0.2, 0.25) is 0 Å². The average molecular weight is 692 g/mol. The van der Waals surface area contributed by atoms with Gasteiger partial charge in [-0.05, 0) is 55.8 Å². The molecule has 2 aromatic carbocycles. The highest BCUT2D eigenvalue weighted by atomic mass is 19.4. The topological polar surface area (TPSA) is 41.8 Å². The van der Waals surface area contributed by atoms with Gasteiger partial charge in [0.2, 0.25) is 11.5 Å². The third kappa shape index (κ3) is 6.70. The summed E-state index contributed by atoms with van der Waals surface area (Å²) >= 11 is 0. The van der Waals surface area contributed by atoms with Crippen LogP contribution in [0.25, 0.3) is 0 Å². The Morgan fingerprint density at radius 3 is 1.96 bits per heavy atom. The van der Waals surface area contributed by atoms with Gasteiger partial charge in [0.05, 0.1) is 41.4 Å². The van der Waals surface area contributed by atoms with Gasteiger partial charge < -0.3 is 14.4 Å². The lowest BCUT2D eigenvalue weighted by molar-refractivity contribution is -0.445. The van der Waals surface area contributed by atoms with E-state index >= 15 is 0 Å². The second-order valence-corrected chi connectivity index (χ2v) is 13.6. The minimum Gasteiger partial charge on any atom is -0.495 e. The number of rotatable bonds is 8. The lowest BCUT2D eigenvalue weighted by Gasteiger charge is -2.30. The van der Waals surface area contributed by atoms with E-state index in [1.807, 2.05) is 64.9 Å². The summed E-state index contributed by atoms with van der Waals surface area (Å²) in [4.78, 5) is 15.7. The molecule has 0 bridgehead atoms. The number of halogens is 6. The van der Waals surface area contributed by atoms with Crippen molar-refractivity contribution in [2.24, 2.45) is 5.92 Å². The molecule has 0 spiro atoms. The van der Waals surface area contributed by atoms with Crippen LogP contribution < -0.4 is 4.90 Å². The number of alkyl halides is 6. The summed E-state index contributed by atoms with van der Waals surface area (Å²) in [7, 11) is 2.96. The van der Waals surface area contributed by atoms with E-state index in [4.69, 9.17) is 9.47 Å². The molecule has 2 aromatic rings. The Hall–Kier alpha value is -3.86. The molecule has 5 rings (SSSR count). The van der Waals surface area contributed by atoms with E-state index in [0.29, 0.717) is 59.4 Å². The van der Waals surface area contributed by atoms with E-state index in [9.17, 15) is 31.1 Å². The van der Waals surface area contributed by atoms with Crippen LogP contribution in [0.3, 0.4) is 0 Å². The first-order valence-electron chi connectivity index (χ1n) is 16.4. The number of anilines is 1. The smallest absolute Gasteiger partial charge is 0.416 e. The second-order valence-electron chi connectivity index (χ2n) is 13.6. The fraction of sp³-hybridized carbons (Fsp3) is 0.474. The van der Waals surface area contributed by atoms with Crippen molar-refractivity contribution in [3.63, 3.8) is 0 Å². The predicted molar refractivity (Wildman–Crippen MR) is 179 cm³/mol. The summed E-state index contributed by atoms with van der Waals surface area (Å²) < 4.78 is 95.1. The van der Waals surface area contributed by atoms with Crippen LogP contribution in [0, 0.1) is 5.92 Å². The van der Waals surface area contributed by atoms with E-state index in [2.05, 4.69) is 0 Å². The molecule has 0 amide bonds. The van der Waals surface area contributed by atoms with E-state index in [1.165, 1.54) is 32.4 Å². The number of fused-ring (bicyclic) bond motifs is 2. The van der Waals surface area contributed by atoms with Crippen molar-refractivity contribution in [2.75, 3.05) is 38.8 Å². The Morgan fingerprint density at radius 2 is 1.43 bits per heavy atom. The summed E-state index contributed by atoms with van der Waals surface area (Å²) in [5.74, 6) is 0.129. The maximum atomic E-state index is 13.9. The normalized spacial score (nSPS) is 19.8. The first-order valence-corrected chi connectivity index (χ1v) is 16.4. The monoisotopic (exact) mass is 691 g/mol. The molecule has 266 valence electrons. The predicted octanol–water partition coefficient (Wildman–Crippen LogP) is 9.52. The molecule has 49 heavy (non-hydrogen) atoms. The Labute approximate surface area is 284 Å². The zero-order valence-electron chi connectivity index (χ0n) is 29.7. The van der Waals surface area contributed by atoms with Gasteiger partial charge in [0, 0.05) is 54.1 Å². The van der Waals surface area contributed by atoms with Crippen molar-refractivity contribution in [3.05, 3.63) is 93.4 Å². The van der Waals surface area contributed by atoms with Gasteiger partial charge in [-0.1, -0.05) is 41.5 Å². The summed E-state index contributed by atoms with van der Waals surface area (Å²) in [5.41, 5.74) is 0.776. The van der Waals surface area contributed by atoms with Crippen molar-refractivity contribution in [1.82, 2.24) is 0 Å². The summed E-state index contributed by atoms with van der Waals surface area (Å²) in [5, 5.41) is 0. The summed E-state index contributed by atoms with van der Waals surface area (Å²) in [6, 6.07) is 7.38. The third-order valence-electron chi connectivity index (χ3n) is 9.25. The maximum absolute atomic E-state index is 13.9. The zero-order chi connectivity index (χ0) is 36.9. The highest BCUT2D eigenvalue weighted by Gasteiger charge is 2.49. The largest absolute Gasteiger partial charge is 0.495 e. The quantitative estimate of drug-likeness (QED) is 0.157. The van der Waals surface area contributed by atoms with Crippen LogP contribution in [0.15, 0.2) is 71.2 Å². The lowest BCUT2D eigenvalue weighted by atomic mass is 9.77. The van der Waals surface area contributed by atoms with Crippen molar-refractivity contribution in [1.29, 1.82) is 0 Å². The van der Waals surface area contributed by atoms with Gasteiger partial charge in [0.1, 0.15) is 5.76 Å². The molecule has 2 aliphatic heterocycles. The van der Waals surface area contributed by atoms with E-state index in [-0.39, 0.29) is 22.8 Å². The Balaban J connectivity index is 0.00000265. The molecule has 0 unspecified atom stereocenters. The second kappa shape index (κ2) is 13.5. The molecule has 0 radical (unpaired) electrons. The number of nitrogens with zero attached hydrogens (tertiary/aromatic N) is 2. The van der Waals surface area contributed by atoms with Gasteiger partial charge in [-0.25, -0.2) is 0 Å². The van der Waals surface area contributed by atoms with Crippen LogP contribution in [-0.4, -0.2) is 50.0 Å². The Morgan fingerprint density at radius 1 is 0.857 bits per heavy atom. The molecular formula is C38H45F6N2O3+. The van der Waals surface area contributed by atoms with Crippen LogP contribution in [0.4, 0.5) is 37.7 Å². The summed E-state index contributed by atoms with van der Waals surface area (Å²) in [6.45, 7) is 16.4. The van der Waals surface area contributed by atoms with Crippen molar-refractivity contribution < 1.29 is 45.2 Å². The van der Waals surface area contributed by atoms with Crippen LogP contribution in [0.1, 0.15) is 77.6 Å². The molecule has 0 aromatic heterocycles. The van der Waals surface area contributed by atoms with Crippen LogP contribution in [0.5, 0.6) is 0 Å². The molecule has 3 aliphatic rings. The molecule has 11 heteroatoms. The standard InChI is InChI=1S/C36H39F6N2O3.C2H6/c1-20(2)19-44-28-12-10-22(36(40,41)42)16-26(28)34(5,6)30(44)18-24-31(45)23(32(24)47-8)17-29-33(3,4)25-15-21(35(37,38)39)9-11-27(25)43(29)13-14-46-7;1-2/h9-12,15-18,20H,13-14,19H2,1-8H3;1-2H3/q+1;. The SMILES string of the molecule is CC.COCCN1/C(=C/C2=C(OC)C(=C/C3=[N+](CC(C)C)c4ccc(C(F)(F)F)cc4C3(C)C)/C2=O)C(C)(C)c2cc(C(F)(F)F)ccc21. The fourth-order valence-electron chi connectivity index (χ4n) is 6.80. The minimum absolute atomic E-state index is 0.157. The molecule has 0 N–H and O–H groups in total. The van der Waals surface area contributed by atoms with Gasteiger partial charge in [0.15, 0.2) is 12.3 Å². The molecule has 1 aliphatic carbocycles. The molecule has 5 nitrogen and oxygen atoms in total. The van der Waals surface area contributed by atoms with Gasteiger partial charge in [-0.2, -0.15) is 30.9 Å². The Kier molecular flexibility index (Phi) is 10.4. The van der Waals surface area contributed by atoms with Crippen LogP contribution in [-0.2, 0) is 37.5 Å². The number of carbonyl (C=O) groups is 1. The number of benzene rings is 2. The Bertz CT molecular complexity index is 1760. The number of Topliss-reactive ketones (excluding diaryl/α,β-unsaturated/α-hetero) is 1. The molecule has 2 heterocycles. The van der Waals surface area contributed by atoms with Gasteiger partial charge in [0.25, 0.3) is 0 Å². The third-order valence-corrected chi connectivity index (χ3v) is 9.25. The number of carbonyl (C=O) groups excluding carboxylic acids is 1. The molecular weight excluding hydrogens is 646 g/mol. The van der Waals surface area contributed by atoms with Crippen molar-refractivity contribution in [2.45, 2.75) is 78.6 Å². The highest BCUT2D eigenvalue weighted by Crippen LogP contribution is 2.51. The van der Waals surface area contributed by atoms with Gasteiger partial charge in [-0.3, -0.25) is 4.79 Å². The number of ether oxygens (including phenoxy) is 2. The number of methoxy groups -OCH3 is 2. The van der Waals surface area contributed by atoms with Gasteiger partial charge in [-0.15, -0.1) is 0 Å². The minimum atomic E-state index is -4.52. The molecule has 0 saturated heterocycles. The first-order chi connectivity index (χ1) is 22.7. The van der Waals surface area contributed by atoms with E-state index < -0.39 is 34.3 Å². The van der Waals surface area contributed by atoms with E-state index in [0.717, 1.165) is 18.2 Å². The van der Waals surface area contributed by atoms with Gasteiger partial charge >= 0.3 is 12.4 Å². The van der Waals surface area contributed by atoms with Crippen LogP contribution >= 0.6 is 0 Å². The highest BCUT2D eigenvalue weighted by molar-refractivity contribution is 6.24. The maximum Gasteiger partial charge on any atom is 0.416 e. The number of ketones is 1. The molecule has 0 atom stereocenters. The zero-order valence-corrected chi connectivity index (χ0v) is 29.7. The molecule has 0 fully saturated rings. The fourth-order valence-corrected chi connectivity index (χ4v) is 6.80. The molecule has 0 saturated carbocycles. The number of hydrogen-bond acceptors (Lipinski definition) is 4. The van der Waals surface area contributed by atoms with Crippen molar-refractivity contribution >= 4 is 22.9 Å². The van der Waals surface area contributed by atoms with Crippen molar-refractivity contribution in [3.8, 4) is 0 Å². The van der Waals surface area contributed by atoms with E-state index in [1.54, 1.807) is 12.2 Å². The first kappa shape index (κ1) is 38.0. The number of hydrogen-bond donors (Lipinski definition) is 0. The lowest BCUT2D eigenvalue weighted by Crippen LogP contribution is -2.33. The summed E-state index contributed by atoms with van der Waals surface area (Å²) in [6.07, 6.45) is -5.66. The average Bonchev–Trinajstić information content (AvgIpc) is 3.36. The number of allylic oxidation sites excluding steroid dienone is 5.